The average Bonchev–Trinajstić information content (AvgIpc) is 2.55. The monoisotopic (exact) mass is 374 g/mol. The van der Waals surface area contributed by atoms with Gasteiger partial charge in [-0.15, -0.1) is 0 Å². The quantitative estimate of drug-likeness (QED) is 0.585. The summed E-state index contributed by atoms with van der Waals surface area (Å²) >= 11 is 0. The summed E-state index contributed by atoms with van der Waals surface area (Å²) in [6, 6.07) is 5.19. The number of carbonyl (C=O) groups is 2. The summed E-state index contributed by atoms with van der Waals surface area (Å²) in [5.74, 6) is -2.19. The SMILES string of the molecule is CC(CCC(CC(O)CCc1ccccc1C(F)(F)F)C(N)=O)C(N)=O. The first-order valence-electron chi connectivity index (χ1n) is 8.44. The maximum absolute atomic E-state index is 13.0. The van der Waals surface area contributed by atoms with Crippen LogP contribution in [0.5, 0.6) is 0 Å². The second kappa shape index (κ2) is 9.56. The fourth-order valence-electron chi connectivity index (χ4n) is 2.75. The van der Waals surface area contributed by atoms with Crippen LogP contribution in [0, 0.1) is 11.8 Å². The first-order chi connectivity index (χ1) is 12.0. The van der Waals surface area contributed by atoms with E-state index in [0.717, 1.165) is 6.07 Å². The molecule has 0 aromatic heterocycles. The summed E-state index contributed by atoms with van der Waals surface area (Å²) in [7, 11) is 0. The summed E-state index contributed by atoms with van der Waals surface area (Å²) in [6.07, 6.45) is -4.65. The lowest BCUT2D eigenvalue weighted by Gasteiger charge is -2.19. The Balaban J connectivity index is 2.63. The Morgan fingerprint density at radius 3 is 2.23 bits per heavy atom. The van der Waals surface area contributed by atoms with Crippen LogP contribution in [-0.4, -0.2) is 23.0 Å². The Morgan fingerprint density at radius 1 is 1.08 bits per heavy atom. The van der Waals surface area contributed by atoms with Crippen molar-refractivity contribution >= 4 is 11.8 Å². The van der Waals surface area contributed by atoms with Crippen molar-refractivity contribution in [2.75, 3.05) is 0 Å². The molecular formula is C18H25F3N2O3. The van der Waals surface area contributed by atoms with Gasteiger partial charge in [-0.1, -0.05) is 25.1 Å². The summed E-state index contributed by atoms with van der Waals surface area (Å²) in [4.78, 5) is 22.6. The van der Waals surface area contributed by atoms with Gasteiger partial charge in [-0.3, -0.25) is 9.59 Å². The molecule has 0 heterocycles. The van der Waals surface area contributed by atoms with Crippen LogP contribution in [0.25, 0.3) is 0 Å². The number of rotatable bonds is 10. The first-order valence-corrected chi connectivity index (χ1v) is 8.44. The van der Waals surface area contributed by atoms with Crippen LogP contribution in [0.2, 0.25) is 0 Å². The van der Waals surface area contributed by atoms with Crippen molar-refractivity contribution in [2.45, 2.75) is 51.3 Å². The van der Waals surface area contributed by atoms with Gasteiger partial charge in [0.15, 0.2) is 0 Å². The van der Waals surface area contributed by atoms with Crippen molar-refractivity contribution < 1.29 is 27.9 Å². The van der Waals surface area contributed by atoms with Gasteiger partial charge in [-0.2, -0.15) is 13.2 Å². The Kier molecular flexibility index (Phi) is 8.08. The zero-order valence-electron chi connectivity index (χ0n) is 14.6. The minimum absolute atomic E-state index is 0.0278. The minimum atomic E-state index is -4.46. The highest BCUT2D eigenvalue weighted by Gasteiger charge is 2.33. The van der Waals surface area contributed by atoms with Crippen molar-refractivity contribution in [1.82, 2.24) is 0 Å². The molecule has 146 valence electrons. The zero-order valence-corrected chi connectivity index (χ0v) is 14.6. The Morgan fingerprint density at radius 2 is 1.69 bits per heavy atom. The molecule has 0 radical (unpaired) electrons. The highest BCUT2D eigenvalue weighted by Crippen LogP contribution is 2.32. The van der Waals surface area contributed by atoms with E-state index >= 15 is 0 Å². The Labute approximate surface area is 150 Å². The number of nitrogens with two attached hydrogens (primary N) is 2. The van der Waals surface area contributed by atoms with E-state index in [2.05, 4.69) is 0 Å². The third-order valence-electron chi connectivity index (χ3n) is 4.46. The van der Waals surface area contributed by atoms with E-state index in [-0.39, 0.29) is 31.2 Å². The van der Waals surface area contributed by atoms with Crippen molar-refractivity contribution in [3.05, 3.63) is 35.4 Å². The van der Waals surface area contributed by atoms with Crippen LogP contribution >= 0.6 is 0 Å². The van der Waals surface area contributed by atoms with Gasteiger partial charge in [-0.25, -0.2) is 0 Å². The number of benzene rings is 1. The predicted molar refractivity (Wildman–Crippen MR) is 90.7 cm³/mol. The molecule has 0 spiro atoms. The standard InChI is InChI=1S/C18H25F3N2O3/c1-11(16(22)25)6-7-13(17(23)26)10-14(24)9-8-12-4-2-3-5-15(12)18(19,20)21/h2-5,11,13-14,24H,6-10H2,1H3,(H2,22,25)(H2,23,26). The van der Waals surface area contributed by atoms with Crippen LogP contribution in [0.15, 0.2) is 24.3 Å². The summed E-state index contributed by atoms with van der Waals surface area (Å²) < 4.78 is 38.9. The third-order valence-corrected chi connectivity index (χ3v) is 4.46. The van der Waals surface area contributed by atoms with E-state index in [4.69, 9.17) is 11.5 Å². The summed E-state index contributed by atoms with van der Waals surface area (Å²) in [6.45, 7) is 1.63. The van der Waals surface area contributed by atoms with Gasteiger partial charge < -0.3 is 16.6 Å². The fraction of sp³-hybridized carbons (Fsp3) is 0.556. The Bertz CT molecular complexity index is 620. The van der Waals surface area contributed by atoms with Gasteiger partial charge in [0.1, 0.15) is 0 Å². The minimum Gasteiger partial charge on any atom is -0.393 e. The molecule has 0 bridgehead atoms. The zero-order chi connectivity index (χ0) is 19.9. The largest absolute Gasteiger partial charge is 0.416 e. The molecule has 2 amide bonds. The normalized spacial score (nSPS) is 15.3. The number of carbonyl (C=O) groups excluding carboxylic acids is 2. The molecule has 5 nitrogen and oxygen atoms in total. The van der Waals surface area contributed by atoms with Crippen LogP contribution in [-0.2, 0) is 22.2 Å². The van der Waals surface area contributed by atoms with Gasteiger partial charge in [0, 0.05) is 11.8 Å². The van der Waals surface area contributed by atoms with E-state index in [0.29, 0.717) is 6.42 Å². The number of primary amides is 2. The number of halogens is 3. The number of alkyl halides is 3. The molecule has 3 unspecified atom stereocenters. The van der Waals surface area contributed by atoms with Crippen molar-refractivity contribution in [3.8, 4) is 0 Å². The van der Waals surface area contributed by atoms with Gasteiger partial charge in [0.05, 0.1) is 11.7 Å². The van der Waals surface area contributed by atoms with Crippen molar-refractivity contribution in [1.29, 1.82) is 0 Å². The third kappa shape index (κ3) is 7.03. The lowest BCUT2D eigenvalue weighted by atomic mass is 9.89. The van der Waals surface area contributed by atoms with Crippen molar-refractivity contribution in [3.63, 3.8) is 0 Å². The maximum Gasteiger partial charge on any atom is 0.416 e. The molecule has 3 atom stereocenters. The molecule has 1 aromatic rings. The second-order valence-electron chi connectivity index (χ2n) is 6.56. The average molecular weight is 374 g/mol. The van der Waals surface area contributed by atoms with Gasteiger partial charge in [0.25, 0.3) is 0 Å². The number of aliphatic hydroxyl groups is 1. The highest BCUT2D eigenvalue weighted by atomic mass is 19.4. The lowest BCUT2D eigenvalue weighted by Crippen LogP contribution is -2.29. The molecule has 0 aliphatic heterocycles. The van der Waals surface area contributed by atoms with Crippen LogP contribution in [0.4, 0.5) is 13.2 Å². The number of hydrogen-bond acceptors (Lipinski definition) is 3. The topological polar surface area (TPSA) is 106 Å². The molecule has 0 saturated heterocycles. The number of aliphatic hydroxyl groups excluding tert-OH is 1. The van der Waals surface area contributed by atoms with Crippen molar-refractivity contribution in [2.24, 2.45) is 23.3 Å². The Hall–Kier alpha value is -2.09. The number of amides is 2. The fourth-order valence-corrected chi connectivity index (χ4v) is 2.75. The molecule has 5 N–H and O–H groups in total. The van der Waals surface area contributed by atoms with E-state index in [1.807, 2.05) is 0 Å². The highest BCUT2D eigenvalue weighted by molar-refractivity contribution is 5.77. The number of hydrogen-bond donors (Lipinski definition) is 3. The predicted octanol–water partition coefficient (Wildman–Crippen LogP) is 2.39. The summed E-state index contributed by atoms with van der Waals surface area (Å²) in [5.41, 5.74) is 9.85. The molecule has 1 rings (SSSR count). The molecular weight excluding hydrogens is 349 g/mol. The molecule has 0 aliphatic rings. The lowest BCUT2D eigenvalue weighted by molar-refractivity contribution is -0.138. The molecule has 0 saturated carbocycles. The molecule has 26 heavy (non-hydrogen) atoms. The smallest absolute Gasteiger partial charge is 0.393 e. The van der Waals surface area contributed by atoms with E-state index in [1.165, 1.54) is 18.2 Å². The number of aryl methyl sites for hydroxylation is 1. The first kappa shape index (κ1) is 22.0. The van der Waals surface area contributed by atoms with Gasteiger partial charge in [-0.05, 0) is 43.7 Å². The maximum atomic E-state index is 13.0. The van der Waals surface area contributed by atoms with Crippen LogP contribution in [0.3, 0.4) is 0 Å². The van der Waals surface area contributed by atoms with Gasteiger partial charge >= 0.3 is 6.18 Å². The van der Waals surface area contributed by atoms with Gasteiger partial charge in [0.2, 0.25) is 11.8 Å². The van der Waals surface area contributed by atoms with E-state index < -0.39 is 41.5 Å². The molecule has 0 fully saturated rings. The molecule has 0 aliphatic carbocycles. The van der Waals surface area contributed by atoms with E-state index in [1.54, 1.807) is 6.92 Å². The summed E-state index contributed by atoms with van der Waals surface area (Å²) in [5, 5.41) is 10.1. The molecule has 1 aromatic carbocycles. The second-order valence-corrected chi connectivity index (χ2v) is 6.56. The van der Waals surface area contributed by atoms with E-state index in [9.17, 15) is 27.9 Å². The molecule has 8 heteroatoms. The van der Waals surface area contributed by atoms with Crippen LogP contribution < -0.4 is 11.5 Å². The van der Waals surface area contributed by atoms with Crippen LogP contribution in [0.1, 0.15) is 43.7 Å².